The third kappa shape index (κ3) is 2.60. The Bertz CT molecular complexity index is 735. The number of rotatable bonds is 3. The molecule has 0 saturated carbocycles. The molecule has 3 heterocycles. The molecule has 122 valence electrons. The van der Waals surface area contributed by atoms with Gasteiger partial charge < -0.3 is 0 Å². The molecular formula is C17H22N4OS. The van der Waals surface area contributed by atoms with Crippen molar-refractivity contribution in [2.75, 3.05) is 11.4 Å². The SMILES string of the molecule is Cc1cc(N2CC[C@H](N[C@H]3CCCc4sccc43)C2=O)n(C)n1. The predicted molar refractivity (Wildman–Crippen MR) is 91.8 cm³/mol. The molecule has 0 unspecified atom stereocenters. The van der Waals surface area contributed by atoms with Crippen molar-refractivity contribution in [1.82, 2.24) is 15.1 Å². The van der Waals surface area contributed by atoms with Crippen molar-refractivity contribution in [2.45, 2.75) is 44.7 Å². The van der Waals surface area contributed by atoms with E-state index in [1.807, 2.05) is 36.3 Å². The highest BCUT2D eigenvalue weighted by Crippen LogP contribution is 2.34. The molecule has 6 heteroatoms. The van der Waals surface area contributed by atoms with Crippen LogP contribution in [0.3, 0.4) is 0 Å². The van der Waals surface area contributed by atoms with Gasteiger partial charge in [0.05, 0.1) is 11.7 Å². The number of nitrogens with zero attached hydrogens (tertiary/aromatic N) is 3. The van der Waals surface area contributed by atoms with E-state index in [4.69, 9.17) is 0 Å². The van der Waals surface area contributed by atoms with Gasteiger partial charge in [-0.1, -0.05) is 0 Å². The first-order valence-corrected chi connectivity index (χ1v) is 9.16. The van der Waals surface area contributed by atoms with Crippen molar-refractivity contribution in [1.29, 1.82) is 0 Å². The number of aromatic nitrogens is 2. The number of nitrogens with one attached hydrogen (secondary N) is 1. The molecule has 2 aromatic rings. The summed E-state index contributed by atoms with van der Waals surface area (Å²) in [4.78, 5) is 16.2. The molecule has 1 aliphatic heterocycles. The normalized spacial score (nSPS) is 24.3. The van der Waals surface area contributed by atoms with Crippen molar-refractivity contribution >= 4 is 23.1 Å². The van der Waals surface area contributed by atoms with Crippen LogP contribution in [0.4, 0.5) is 5.82 Å². The Hall–Kier alpha value is -1.66. The van der Waals surface area contributed by atoms with Gasteiger partial charge in [0.15, 0.2) is 0 Å². The van der Waals surface area contributed by atoms with E-state index in [9.17, 15) is 4.79 Å². The Morgan fingerprint density at radius 1 is 1.35 bits per heavy atom. The van der Waals surface area contributed by atoms with Crippen molar-refractivity contribution in [3.05, 3.63) is 33.6 Å². The molecular weight excluding hydrogens is 308 g/mol. The van der Waals surface area contributed by atoms with E-state index in [0.29, 0.717) is 6.04 Å². The van der Waals surface area contributed by atoms with Gasteiger partial charge in [-0.15, -0.1) is 11.3 Å². The van der Waals surface area contributed by atoms with Crippen LogP contribution in [0.1, 0.15) is 41.4 Å². The van der Waals surface area contributed by atoms with Gasteiger partial charge >= 0.3 is 0 Å². The van der Waals surface area contributed by atoms with Crippen LogP contribution in [0.15, 0.2) is 17.5 Å². The molecule has 1 aliphatic carbocycles. The Labute approximate surface area is 140 Å². The van der Waals surface area contributed by atoms with Crippen LogP contribution in [-0.4, -0.2) is 28.3 Å². The maximum atomic E-state index is 12.8. The molecule has 23 heavy (non-hydrogen) atoms. The van der Waals surface area contributed by atoms with Crippen LogP contribution >= 0.6 is 11.3 Å². The minimum atomic E-state index is -0.0824. The second-order valence-corrected chi connectivity index (χ2v) is 7.51. The van der Waals surface area contributed by atoms with Gasteiger partial charge in [-0.2, -0.15) is 5.10 Å². The van der Waals surface area contributed by atoms with E-state index < -0.39 is 0 Å². The molecule has 1 amide bonds. The molecule has 0 aromatic carbocycles. The van der Waals surface area contributed by atoms with Gasteiger partial charge in [-0.25, -0.2) is 0 Å². The first-order valence-electron chi connectivity index (χ1n) is 8.28. The molecule has 0 radical (unpaired) electrons. The zero-order valence-electron chi connectivity index (χ0n) is 13.6. The summed E-state index contributed by atoms with van der Waals surface area (Å²) in [6.07, 6.45) is 4.37. The Kier molecular flexibility index (Phi) is 3.73. The molecule has 5 nitrogen and oxygen atoms in total. The second-order valence-electron chi connectivity index (χ2n) is 6.51. The number of carbonyl (C=O) groups is 1. The monoisotopic (exact) mass is 330 g/mol. The minimum Gasteiger partial charge on any atom is -0.299 e. The highest BCUT2D eigenvalue weighted by Gasteiger charge is 2.36. The largest absolute Gasteiger partial charge is 0.299 e. The molecule has 0 spiro atoms. The predicted octanol–water partition coefficient (Wildman–Crippen LogP) is 2.56. The highest BCUT2D eigenvalue weighted by molar-refractivity contribution is 7.10. The van der Waals surface area contributed by atoms with E-state index >= 15 is 0 Å². The number of hydrogen-bond acceptors (Lipinski definition) is 4. The zero-order valence-corrected chi connectivity index (χ0v) is 14.4. The van der Waals surface area contributed by atoms with Crippen LogP contribution < -0.4 is 10.2 Å². The fraction of sp³-hybridized carbons (Fsp3) is 0.529. The first-order chi connectivity index (χ1) is 11.1. The summed E-state index contributed by atoms with van der Waals surface area (Å²) >= 11 is 1.84. The van der Waals surface area contributed by atoms with Gasteiger partial charge in [0.1, 0.15) is 5.82 Å². The number of amides is 1. The standard InChI is InChI=1S/C17H22N4OS/c1-11-10-16(20(2)19-11)21-8-6-14(17(21)22)18-13-4-3-5-15-12(13)7-9-23-15/h7,9-10,13-14,18H,3-6,8H2,1-2H3/t13-,14-/m0/s1. The third-order valence-electron chi connectivity index (χ3n) is 4.91. The average Bonchev–Trinajstić information content (AvgIpc) is 3.20. The fourth-order valence-corrected chi connectivity index (χ4v) is 4.80. The number of thiophene rings is 1. The number of anilines is 1. The van der Waals surface area contributed by atoms with E-state index in [1.54, 1.807) is 4.68 Å². The summed E-state index contributed by atoms with van der Waals surface area (Å²) in [5.74, 6) is 1.08. The van der Waals surface area contributed by atoms with Gasteiger partial charge in [0, 0.05) is 30.6 Å². The smallest absolute Gasteiger partial charge is 0.245 e. The summed E-state index contributed by atoms with van der Waals surface area (Å²) in [6, 6.07) is 4.45. The Balaban J connectivity index is 1.50. The van der Waals surface area contributed by atoms with E-state index in [-0.39, 0.29) is 11.9 Å². The second kappa shape index (κ2) is 5.76. The minimum absolute atomic E-state index is 0.0824. The van der Waals surface area contributed by atoms with Crippen LogP contribution in [0, 0.1) is 6.92 Å². The number of fused-ring (bicyclic) bond motifs is 1. The maximum Gasteiger partial charge on any atom is 0.245 e. The molecule has 2 aliphatic rings. The lowest BCUT2D eigenvalue weighted by atomic mass is 9.93. The molecule has 1 fully saturated rings. The quantitative estimate of drug-likeness (QED) is 0.941. The van der Waals surface area contributed by atoms with Gasteiger partial charge in [-0.05, 0) is 49.6 Å². The summed E-state index contributed by atoms with van der Waals surface area (Å²) < 4.78 is 1.80. The van der Waals surface area contributed by atoms with E-state index in [2.05, 4.69) is 21.9 Å². The highest BCUT2D eigenvalue weighted by atomic mass is 32.1. The third-order valence-corrected chi connectivity index (χ3v) is 5.91. The first kappa shape index (κ1) is 14.9. The van der Waals surface area contributed by atoms with E-state index in [0.717, 1.165) is 30.9 Å². The molecule has 1 N–H and O–H groups in total. The zero-order chi connectivity index (χ0) is 16.0. The summed E-state index contributed by atoms with van der Waals surface area (Å²) in [5, 5.41) is 10.2. The van der Waals surface area contributed by atoms with Crippen molar-refractivity contribution in [3.63, 3.8) is 0 Å². The number of carbonyl (C=O) groups excluding carboxylic acids is 1. The topological polar surface area (TPSA) is 50.2 Å². The lowest BCUT2D eigenvalue weighted by Gasteiger charge is -2.26. The van der Waals surface area contributed by atoms with Crippen LogP contribution in [0.2, 0.25) is 0 Å². The molecule has 2 atom stereocenters. The van der Waals surface area contributed by atoms with Gasteiger partial charge in [-0.3, -0.25) is 19.7 Å². The van der Waals surface area contributed by atoms with Gasteiger partial charge in [0.25, 0.3) is 0 Å². The van der Waals surface area contributed by atoms with Crippen molar-refractivity contribution in [3.8, 4) is 0 Å². The summed E-state index contributed by atoms with van der Waals surface area (Å²) in [7, 11) is 1.90. The molecule has 2 aromatic heterocycles. The molecule has 0 bridgehead atoms. The van der Waals surface area contributed by atoms with Crippen molar-refractivity contribution in [2.24, 2.45) is 7.05 Å². The van der Waals surface area contributed by atoms with Gasteiger partial charge in [0.2, 0.25) is 5.91 Å². The number of hydrogen-bond donors (Lipinski definition) is 1. The van der Waals surface area contributed by atoms with Crippen molar-refractivity contribution < 1.29 is 4.79 Å². The maximum absolute atomic E-state index is 12.8. The van der Waals surface area contributed by atoms with Crippen LogP contribution in [-0.2, 0) is 18.3 Å². The lowest BCUT2D eigenvalue weighted by Crippen LogP contribution is -2.41. The van der Waals surface area contributed by atoms with Crippen LogP contribution in [0.5, 0.6) is 0 Å². The molecule has 4 rings (SSSR count). The number of aryl methyl sites for hydroxylation is 3. The fourth-order valence-electron chi connectivity index (χ4n) is 3.81. The Morgan fingerprint density at radius 3 is 3.00 bits per heavy atom. The van der Waals surface area contributed by atoms with Crippen LogP contribution in [0.25, 0.3) is 0 Å². The summed E-state index contributed by atoms with van der Waals surface area (Å²) in [5.41, 5.74) is 2.35. The Morgan fingerprint density at radius 2 is 2.22 bits per heavy atom. The molecule has 1 saturated heterocycles. The summed E-state index contributed by atoms with van der Waals surface area (Å²) in [6.45, 7) is 2.72. The lowest BCUT2D eigenvalue weighted by molar-refractivity contribution is -0.119. The van der Waals surface area contributed by atoms with E-state index in [1.165, 1.54) is 23.3 Å². The average molecular weight is 330 g/mol.